The van der Waals surface area contributed by atoms with Gasteiger partial charge in [-0.1, -0.05) is 73.7 Å². The molecule has 5 nitrogen and oxygen atoms in total. The van der Waals surface area contributed by atoms with E-state index in [4.69, 9.17) is 0 Å². The Hall–Kier alpha value is -2.96. The summed E-state index contributed by atoms with van der Waals surface area (Å²) in [5, 5.41) is 2.92. The second-order valence-electron chi connectivity index (χ2n) is 7.31. The number of nitrogens with one attached hydrogen (secondary N) is 2. The number of sulfonamides is 1. The summed E-state index contributed by atoms with van der Waals surface area (Å²) < 4.78 is 28.0. The third-order valence-corrected chi connectivity index (χ3v) is 6.41. The SMILES string of the molecule is Cc1ccc(S(=O)(=O)NCc2ccccc2)cc1C(=O)NCC(C)c1ccccc1. The Balaban J connectivity index is 1.70. The molecule has 3 rings (SSSR count). The fourth-order valence-electron chi connectivity index (χ4n) is 3.11. The predicted molar refractivity (Wildman–Crippen MR) is 119 cm³/mol. The van der Waals surface area contributed by atoms with Gasteiger partial charge in [-0.25, -0.2) is 13.1 Å². The smallest absolute Gasteiger partial charge is 0.251 e. The van der Waals surface area contributed by atoms with Crippen LogP contribution in [0.25, 0.3) is 0 Å². The van der Waals surface area contributed by atoms with Gasteiger partial charge in [0.2, 0.25) is 10.0 Å². The number of benzene rings is 3. The van der Waals surface area contributed by atoms with E-state index in [1.165, 1.54) is 12.1 Å². The molecule has 6 heteroatoms. The van der Waals surface area contributed by atoms with Gasteiger partial charge in [-0.05, 0) is 41.7 Å². The predicted octanol–water partition coefficient (Wildman–Crippen LogP) is 4.01. The first kappa shape index (κ1) is 21.7. The summed E-state index contributed by atoms with van der Waals surface area (Å²) in [4.78, 5) is 12.8. The molecular weight excluding hydrogens is 396 g/mol. The minimum absolute atomic E-state index is 0.0743. The van der Waals surface area contributed by atoms with Crippen molar-refractivity contribution >= 4 is 15.9 Å². The standard InChI is InChI=1S/C24H26N2O3S/c1-18-13-14-22(30(28,29)26-17-20-9-5-3-6-10-20)15-23(18)24(27)25-16-19(2)21-11-7-4-8-12-21/h3-15,19,26H,16-17H2,1-2H3,(H,25,27). The van der Waals surface area contributed by atoms with Crippen molar-refractivity contribution in [2.24, 2.45) is 0 Å². The van der Waals surface area contributed by atoms with Gasteiger partial charge in [0, 0.05) is 18.7 Å². The van der Waals surface area contributed by atoms with Crippen LogP contribution in [0.5, 0.6) is 0 Å². The molecule has 3 aromatic carbocycles. The fourth-order valence-corrected chi connectivity index (χ4v) is 4.15. The van der Waals surface area contributed by atoms with E-state index in [1.54, 1.807) is 13.0 Å². The number of hydrogen-bond acceptors (Lipinski definition) is 3. The van der Waals surface area contributed by atoms with Crippen LogP contribution >= 0.6 is 0 Å². The highest BCUT2D eigenvalue weighted by Crippen LogP contribution is 2.17. The molecule has 0 bridgehead atoms. The Morgan fingerprint density at radius 3 is 2.23 bits per heavy atom. The summed E-state index contributed by atoms with van der Waals surface area (Å²) in [6.07, 6.45) is 0. The van der Waals surface area contributed by atoms with Crippen LogP contribution in [0.3, 0.4) is 0 Å². The van der Waals surface area contributed by atoms with Gasteiger partial charge in [0.05, 0.1) is 4.90 Å². The van der Waals surface area contributed by atoms with E-state index in [1.807, 2.05) is 67.6 Å². The first-order valence-electron chi connectivity index (χ1n) is 9.84. The fraction of sp³-hybridized carbons (Fsp3) is 0.208. The van der Waals surface area contributed by atoms with Crippen molar-refractivity contribution in [3.63, 3.8) is 0 Å². The number of aryl methyl sites for hydroxylation is 1. The molecule has 0 heterocycles. The Kier molecular flexibility index (Phi) is 7.03. The summed E-state index contributed by atoms with van der Waals surface area (Å²) in [7, 11) is -3.74. The van der Waals surface area contributed by atoms with Crippen LogP contribution in [-0.2, 0) is 16.6 Å². The number of amides is 1. The van der Waals surface area contributed by atoms with E-state index < -0.39 is 10.0 Å². The maximum atomic E-state index is 12.7. The Labute approximate surface area is 178 Å². The number of hydrogen-bond donors (Lipinski definition) is 2. The summed E-state index contributed by atoms with van der Waals surface area (Å²) in [5.74, 6) is -0.134. The minimum Gasteiger partial charge on any atom is -0.351 e. The highest BCUT2D eigenvalue weighted by atomic mass is 32.2. The van der Waals surface area contributed by atoms with Crippen molar-refractivity contribution in [1.29, 1.82) is 0 Å². The summed E-state index contributed by atoms with van der Waals surface area (Å²) in [6.45, 7) is 4.48. The number of rotatable bonds is 8. The maximum absolute atomic E-state index is 12.7. The van der Waals surface area contributed by atoms with Gasteiger partial charge in [-0.2, -0.15) is 0 Å². The van der Waals surface area contributed by atoms with Crippen LogP contribution in [0.15, 0.2) is 83.8 Å². The molecule has 0 aliphatic carbocycles. The van der Waals surface area contributed by atoms with Crippen molar-refractivity contribution in [3.05, 3.63) is 101 Å². The van der Waals surface area contributed by atoms with Crippen LogP contribution in [0, 0.1) is 6.92 Å². The highest BCUT2D eigenvalue weighted by Gasteiger charge is 2.18. The van der Waals surface area contributed by atoms with Crippen molar-refractivity contribution in [2.75, 3.05) is 6.54 Å². The summed E-state index contributed by atoms with van der Waals surface area (Å²) in [6, 6.07) is 23.8. The minimum atomic E-state index is -3.74. The topological polar surface area (TPSA) is 75.3 Å². The van der Waals surface area contributed by atoms with Crippen LogP contribution in [0.2, 0.25) is 0 Å². The Bertz CT molecular complexity index is 1100. The normalized spacial score (nSPS) is 12.3. The zero-order chi connectivity index (χ0) is 21.6. The lowest BCUT2D eigenvalue weighted by Crippen LogP contribution is -2.29. The van der Waals surface area contributed by atoms with E-state index in [0.29, 0.717) is 12.1 Å². The van der Waals surface area contributed by atoms with Crippen LogP contribution < -0.4 is 10.0 Å². The molecule has 3 aromatic rings. The maximum Gasteiger partial charge on any atom is 0.251 e. The molecule has 0 aliphatic rings. The Morgan fingerprint density at radius 2 is 1.57 bits per heavy atom. The first-order chi connectivity index (χ1) is 14.4. The summed E-state index contributed by atoms with van der Waals surface area (Å²) >= 11 is 0. The first-order valence-corrected chi connectivity index (χ1v) is 11.3. The van der Waals surface area contributed by atoms with Gasteiger partial charge in [0.25, 0.3) is 5.91 Å². The quantitative estimate of drug-likeness (QED) is 0.576. The van der Waals surface area contributed by atoms with Crippen molar-refractivity contribution in [3.8, 4) is 0 Å². The largest absolute Gasteiger partial charge is 0.351 e. The molecule has 0 radical (unpaired) electrons. The zero-order valence-electron chi connectivity index (χ0n) is 17.1. The lowest BCUT2D eigenvalue weighted by atomic mass is 10.0. The number of carbonyl (C=O) groups is 1. The average molecular weight is 423 g/mol. The van der Waals surface area contributed by atoms with Crippen LogP contribution in [-0.4, -0.2) is 20.9 Å². The zero-order valence-corrected chi connectivity index (χ0v) is 17.9. The van der Waals surface area contributed by atoms with E-state index >= 15 is 0 Å². The molecule has 2 N–H and O–H groups in total. The van der Waals surface area contributed by atoms with Crippen molar-refractivity contribution < 1.29 is 13.2 Å². The molecule has 0 fully saturated rings. The molecule has 1 amide bonds. The van der Waals surface area contributed by atoms with Crippen LogP contribution in [0.4, 0.5) is 0 Å². The average Bonchev–Trinajstić information content (AvgIpc) is 2.77. The van der Waals surface area contributed by atoms with E-state index in [0.717, 1.165) is 16.7 Å². The van der Waals surface area contributed by atoms with E-state index in [9.17, 15) is 13.2 Å². The molecule has 1 atom stereocenters. The highest BCUT2D eigenvalue weighted by molar-refractivity contribution is 7.89. The lowest BCUT2D eigenvalue weighted by molar-refractivity contribution is 0.0951. The molecule has 0 aromatic heterocycles. The van der Waals surface area contributed by atoms with Gasteiger partial charge in [0.1, 0.15) is 0 Å². The van der Waals surface area contributed by atoms with Crippen LogP contribution in [0.1, 0.15) is 39.9 Å². The number of carbonyl (C=O) groups excluding carboxylic acids is 1. The van der Waals surface area contributed by atoms with E-state index in [2.05, 4.69) is 10.0 Å². The van der Waals surface area contributed by atoms with Gasteiger partial charge >= 0.3 is 0 Å². The lowest BCUT2D eigenvalue weighted by Gasteiger charge is -2.15. The van der Waals surface area contributed by atoms with E-state index in [-0.39, 0.29) is 23.3 Å². The van der Waals surface area contributed by atoms with Crippen molar-refractivity contribution in [1.82, 2.24) is 10.0 Å². The second kappa shape index (κ2) is 9.69. The molecule has 1 unspecified atom stereocenters. The molecule has 30 heavy (non-hydrogen) atoms. The molecule has 0 saturated carbocycles. The molecule has 0 aliphatic heterocycles. The molecule has 0 spiro atoms. The third-order valence-electron chi connectivity index (χ3n) is 5.01. The molecule has 156 valence electrons. The molecular formula is C24H26N2O3S. The van der Waals surface area contributed by atoms with Gasteiger partial charge in [-0.15, -0.1) is 0 Å². The van der Waals surface area contributed by atoms with Gasteiger partial charge in [0.15, 0.2) is 0 Å². The molecule has 0 saturated heterocycles. The van der Waals surface area contributed by atoms with Crippen molar-refractivity contribution in [2.45, 2.75) is 31.2 Å². The second-order valence-corrected chi connectivity index (χ2v) is 9.08. The monoisotopic (exact) mass is 422 g/mol. The Morgan fingerprint density at radius 1 is 0.933 bits per heavy atom. The third kappa shape index (κ3) is 5.55. The van der Waals surface area contributed by atoms with Gasteiger partial charge < -0.3 is 5.32 Å². The van der Waals surface area contributed by atoms with Gasteiger partial charge in [-0.3, -0.25) is 4.79 Å². The summed E-state index contributed by atoms with van der Waals surface area (Å²) in [5.41, 5.74) is 3.08.